The molecule has 2 aliphatic rings. The number of barbiturate groups is 1. The maximum atomic E-state index is 12.9. The summed E-state index contributed by atoms with van der Waals surface area (Å²) in [5.41, 5.74) is -0.662. The summed E-state index contributed by atoms with van der Waals surface area (Å²) in [5, 5.41) is 4.30. The van der Waals surface area contributed by atoms with Crippen molar-refractivity contribution in [2.45, 2.75) is 37.4 Å². The van der Waals surface area contributed by atoms with E-state index in [2.05, 4.69) is 25.6 Å². The Morgan fingerprint density at radius 1 is 0.878 bits per heavy atom. The topological polar surface area (TPSA) is 155 Å². The van der Waals surface area contributed by atoms with Crippen LogP contribution in [0.2, 0.25) is 0 Å². The summed E-state index contributed by atoms with van der Waals surface area (Å²) in [7, 11) is 0. The molecule has 2 N–H and O–H groups in total. The fourth-order valence-corrected chi connectivity index (χ4v) is 4.67. The first-order chi connectivity index (χ1) is 20.0. The number of imide groups is 2. The van der Waals surface area contributed by atoms with E-state index in [-0.39, 0.29) is 18.3 Å². The summed E-state index contributed by atoms with van der Waals surface area (Å²) < 4.78 is 23.3. The molecular weight excluding hydrogens is 530 g/mol. The Morgan fingerprint density at radius 2 is 1.54 bits per heavy atom. The number of amides is 4. The second-order valence-electron chi connectivity index (χ2n) is 9.57. The first kappa shape index (κ1) is 26.1. The van der Waals surface area contributed by atoms with E-state index in [1.807, 2.05) is 12.1 Å². The van der Waals surface area contributed by atoms with Crippen LogP contribution in [0.25, 0.3) is 23.0 Å². The quantitative estimate of drug-likeness (QED) is 0.304. The Kier molecular flexibility index (Phi) is 7.13. The van der Waals surface area contributed by atoms with Gasteiger partial charge in [0.2, 0.25) is 5.89 Å². The Balaban J connectivity index is 1.14. The van der Waals surface area contributed by atoms with Crippen LogP contribution in [-0.2, 0) is 14.3 Å². The SMILES string of the molecule is O=C1NC(=O)C(CC2CCCCO2)(Oc2ccc(Oc3ccc(-c4nc(-c5ncccn5)co4)cc3)cc2)C(=O)N1. The van der Waals surface area contributed by atoms with Crippen molar-refractivity contribution in [3.8, 4) is 40.2 Å². The molecule has 0 spiro atoms. The molecule has 6 rings (SSSR count). The van der Waals surface area contributed by atoms with Gasteiger partial charge in [0.25, 0.3) is 17.4 Å². The summed E-state index contributed by atoms with van der Waals surface area (Å²) in [6.45, 7) is 0.539. The molecule has 2 saturated heterocycles. The van der Waals surface area contributed by atoms with Gasteiger partial charge in [-0.05, 0) is 73.9 Å². The van der Waals surface area contributed by atoms with Crippen LogP contribution in [0.5, 0.6) is 17.2 Å². The van der Waals surface area contributed by atoms with Gasteiger partial charge in [-0.15, -0.1) is 0 Å². The molecule has 41 heavy (non-hydrogen) atoms. The second kappa shape index (κ2) is 11.2. The Bertz CT molecular complexity index is 1530. The van der Waals surface area contributed by atoms with Crippen LogP contribution in [0.4, 0.5) is 4.79 Å². The highest BCUT2D eigenvalue weighted by Gasteiger charge is 2.54. The fourth-order valence-electron chi connectivity index (χ4n) is 4.67. The van der Waals surface area contributed by atoms with E-state index in [0.29, 0.717) is 41.9 Å². The third kappa shape index (κ3) is 5.63. The molecule has 0 saturated carbocycles. The highest BCUT2D eigenvalue weighted by Crippen LogP contribution is 2.32. The molecule has 1 unspecified atom stereocenters. The minimum absolute atomic E-state index is 0.0209. The largest absolute Gasteiger partial charge is 0.467 e. The molecule has 0 bridgehead atoms. The normalized spacial score (nSPS) is 18.3. The lowest BCUT2D eigenvalue weighted by atomic mass is 9.89. The van der Waals surface area contributed by atoms with Gasteiger partial charge in [-0.25, -0.2) is 19.7 Å². The Labute approximate surface area is 234 Å². The molecule has 0 radical (unpaired) electrons. The van der Waals surface area contributed by atoms with Crippen LogP contribution < -0.4 is 20.1 Å². The summed E-state index contributed by atoms with van der Waals surface area (Å²) >= 11 is 0. The number of urea groups is 1. The lowest BCUT2D eigenvalue weighted by Crippen LogP contribution is -2.70. The zero-order valence-corrected chi connectivity index (χ0v) is 21.7. The molecule has 1 atom stereocenters. The second-order valence-corrected chi connectivity index (χ2v) is 9.57. The van der Waals surface area contributed by atoms with Crippen molar-refractivity contribution < 1.29 is 33.0 Å². The summed E-state index contributed by atoms with van der Waals surface area (Å²) in [5.74, 6) is 0.570. The van der Waals surface area contributed by atoms with Crippen LogP contribution >= 0.6 is 0 Å². The molecule has 208 valence electrons. The Hall–Kier alpha value is -5.10. The number of ether oxygens (including phenoxy) is 3. The summed E-state index contributed by atoms with van der Waals surface area (Å²) in [4.78, 5) is 50.3. The smallest absolute Gasteiger partial charge is 0.328 e. The molecular formula is C29H25N5O7. The third-order valence-electron chi connectivity index (χ3n) is 6.73. The summed E-state index contributed by atoms with van der Waals surface area (Å²) in [6, 6.07) is 14.5. The van der Waals surface area contributed by atoms with Crippen LogP contribution in [0.1, 0.15) is 25.7 Å². The van der Waals surface area contributed by atoms with E-state index >= 15 is 0 Å². The number of hydrogen-bond acceptors (Lipinski definition) is 10. The lowest BCUT2D eigenvalue weighted by molar-refractivity contribution is -0.156. The van der Waals surface area contributed by atoms with E-state index in [1.54, 1.807) is 54.9 Å². The number of nitrogens with one attached hydrogen (secondary N) is 2. The highest BCUT2D eigenvalue weighted by atomic mass is 16.5. The van der Waals surface area contributed by atoms with E-state index in [0.717, 1.165) is 18.4 Å². The van der Waals surface area contributed by atoms with Gasteiger partial charge >= 0.3 is 6.03 Å². The molecule has 12 nitrogen and oxygen atoms in total. The average Bonchev–Trinajstić information content (AvgIpc) is 3.49. The summed E-state index contributed by atoms with van der Waals surface area (Å²) in [6.07, 6.45) is 6.91. The van der Waals surface area contributed by atoms with E-state index in [1.165, 1.54) is 6.26 Å². The van der Waals surface area contributed by atoms with Gasteiger partial charge in [-0.3, -0.25) is 20.2 Å². The minimum Gasteiger partial charge on any atom is -0.467 e. The van der Waals surface area contributed by atoms with Gasteiger partial charge in [-0.1, -0.05) is 0 Å². The predicted octanol–water partition coefficient (Wildman–Crippen LogP) is 4.03. The first-order valence-corrected chi connectivity index (χ1v) is 13.1. The van der Waals surface area contributed by atoms with Crippen molar-refractivity contribution in [2.75, 3.05) is 6.61 Å². The maximum absolute atomic E-state index is 12.9. The molecule has 4 amide bonds. The van der Waals surface area contributed by atoms with Crippen LogP contribution in [-0.4, -0.2) is 51.1 Å². The van der Waals surface area contributed by atoms with Crippen molar-refractivity contribution in [1.82, 2.24) is 25.6 Å². The van der Waals surface area contributed by atoms with Gasteiger partial charge in [0.15, 0.2) is 5.82 Å². The number of carbonyl (C=O) groups is 3. The number of carbonyl (C=O) groups excluding carboxylic acids is 3. The predicted molar refractivity (Wildman–Crippen MR) is 143 cm³/mol. The number of hydrogen-bond donors (Lipinski definition) is 2. The van der Waals surface area contributed by atoms with Gasteiger partial charge in [0.1, 0.15) is 29.2 Å². The number of aromatic nitrogens is 3. The molecule has 4 aromatic rings. The van der Waals surface area contributed by atoms with Gasteiger partial charge in [0, 0.05) is 31.0 Å². The van der Waals surface area contributed by atoms with Crippen molar-refractivity contribution in [3.05, 3.63) is 73.3 Å². The van der Waals surface area contributed by atoms with E-state index in [4.69, 9.17) is 18.6 Å². The molecule has 2 fully saturated rings. The minimum atomic E-state index is -1.94. The van der Waals surface area contributed by atoms with Crippen molar-refractivity contribution in [3.63, 3.8) is 0 Å². The molecule has 4 heterocycles. The maximum Gasteiger partial charge on any atom is 0.328 e. The monoisotopic (exact) mass is 555 g/mol. The van der Waals surface area contributed by atoms with Gasteiger partial charge in [-0.2, -0.15) is 0 Å². The standard InChI is InChI=1S/C29H25N5O7/c35-26-29(27(36)34-28(37)33-26,16-22-4-1-2-15-38-22)41-21-11-9-20(10-12-21)40-19-7-5-18(6-8-19)25-32-23(17-39-25)24-30-13-3-14-31-24/h3,5-14,17,22H,1-2,4,15-16H2,(H2,33,34,35,36,37). The van der Waals surface area contributed by atoms with Crippen molar-refractivity contribution in [1.29, 1.82) is 0 Å². The van der Waals surface area contributed by atoms with Gasteiger partial charge in [0.05, 0.1) is 6.10 Å². The highest BCUT2D eigenvalue weighted by molar-refractivity contribution is 6.21. The first-order valence-electron chi connectivity index (χ1n) is 13.1. The van der Waals surface area contributed by atoms with E-state index < -0.39 is 23.4 Å². The molecule has 2 aromatic heterocycles. The number of rotatable bonds is 8. The van der Waals surface area contributed by atoms with Crippen LogP contribution in [0.15, 0.2) is 77.7 Å². The Morgan fingerprint density at radius 3 is 2.20 bits per heavy atom. The van der Waals surface area contributed by atoms with Crippen LogP contribution in [0.3, 0.4) is 0 Å². The number of oxazole rings is 1. The van der Waals surface area contributed by atoms with Crippen molar-refractivity contribution in [2.24, 2.45) is 0 Å². The number of nitrogens with zero attached hydrogens (tertiary/aromatic N) is 3. The number of benzene rings is 2. The van der Waals surface area contributed by atoms with Gasteiger partial charge < -0.3 is 18.6 Å². The molecule has 2 aromatic carbocycles. The molecule has 2 aliphatic heterocycles. The molecule has 0 aliphatic carbocycles. The zero-order chi connectivity index (χ0) is 28.2. The average molecular weight is 556 g/mol. The zero-order valence-electron chi connectivity index (χ0n) is 21.7. The lowest BCUT2D eigenvalue weighted by Gasteiger charge is -2.37. The molecule has 12 heteroatoms. The van der Waals surface area contributed by atoms with Crippen LogP contribution in [0, 0.1) is 0 Å². The van der Waals surface area contributed by atoms with E-state index in [9.17, 15) is 14.4 Å². The van der Waals surface area contributed by atoms with Crippen molar-refractivity contribution >= 4 is 17.8 Å². The fraction of sp³-hybridized carbons (Fsp3) is 0.241. The third-order valence-corrected chi connectivity index (χ3v) is 6.73.